The van der Waals surface area contributed by atoms with Gasteiger partial charge in [-0.05, 0) is 31.6 Å². The quantitative estimate of drug-likeness (QED) is 0.0222. The second-order valence-corrected chi connectivity index (χ2v) is 33.3. The average Bonchev–Trinajstić information content (AvgIpc) is 0.924. The number of phosphoric ester groups is 2. The zero-order chi connectivity index (χ0) is 74.8. The summed E-state index contributed by atoms with van der Waals surface area (Å²) in [5.74, 6) is -1.30. The molecular weight excluding hydrogens is 1330 g/mol. The first kappa shape index (κ1) is 100. The van der Waals surface area contributed by atoms with Crippen molar-refractivity contribution in [3.63, 3.8) is 0 Å². The Bertz CT molecular complexity index is 1940. The van der Waals surface area contributed by atoms with Crippen LogP contribution in [0.2, 0.25) is 0 Å². The van der Waals surface area contributed by atoms with Crippen LogP contribution < -0.4 is 0 Å². The highest BCUT2D eigenvalue weighted by Gasteiger charge is 2.30. The van der Waals surface area contributed by atoms with E-state index in [0.717, 1.165) is 95.8 Å². The fourth-order valence-electron chi connectivity index (χ4n) is 12.9. The van der Waals surface area contributed by atoms with Gasteiger partial charge in [-0.25, -0.2) is 9.13 Å². The minimum Gasteiger partial charge on any atom is -0.462 e. The van der Waals surface area contributed by atoms with E-state index in [0.29, 0.717) is 25.7 Å². The molecule has 2 unspecified atom stereocenters. The standard InChI is InChI=1S/C83H162O17P2/c1-6-9-12-15-18-21-24-26-27-28-29-30-31-32-33-34-40-44-49-54-59-64-69-83(88)100-79(73-94-81(86)67-62-57-52-47-42-39-36-35-38-41-45-50-55-60-65-76(4)5)75-98-102(91,92)96-71-77(84)70-95-101(89,90)97-74-78(72-93-80(85)66-61-56-51-46-23-20-17-14-11-8-3)99-82(87)68-63-58-53-48-43-37-25-22-19-16-13-10-7-2/h76-79,84H,6-75H2,1-5H3,(H,89,90)(H,91,92)/t77-,78+,79+/m0/s1. The van der Waals surface area contributed by atoms with Gasteiger partial charge in [0.2, 0.25) is 0 Å². The molecule has 0 aliphatic carbocycles. The van der Waals surface area contributed by atoms with E-state index in [2.05, 4.69) is 34.6 Å². The van der Waals surface area contributed by atoms with Crippen molar-refractivity contribution in [2.75, 3.05) is 39.6 Å². The van der Waals surface area contributed by atoms with Crippen LogP contribution in [-0.4, -0.2) is 96.7 Å². The van der Waals surface area contributed by atoms with Gasteiger partial charge in [0.15, 0.2) is 12.2 Å². The molecule has 0 aromatic rings. The predicted molar refractivity (Wildman–Crippen MR) is 418 cm³/mol. The summed E-state index contributed by atoms with van der Waals surface area (Å²) >= 11 is 0. The number of aliphatic hydroxyl groups is 1. The van der Waals surface area contributed by atoms with E-state index < -0.39 is 97.5 Å². The van der Waals surface area contributed by atoms with Crippen molar-refractivity contribution in [1.82, 2.24) is 0 Å². The van der Waals surface area contributed by atoms with Crippen LogP contribution in [0.4, 0.5) is 0 Å². The second-order valence-electron chi connectivity index (χ2n) is 30.3. The number of hydrogen-bond donors (Lipinski definition) is 3. The Morgan fingerprint density at radius 2 is 0.451 bits per heavy atom. The Morgan fingerprint density at radius 1 is 0.265 bits per heavy atom. The second kappa shape index (κ2) is 75.9. The van der Waals surface area contributed by atoms with Crippen molar-refractivity contribution >= 4 is 39.5 Å². The van der Waals surface area contributed by atoms with E-state index in [-0.39, 0.29) is 25.7 Å². The lowest BCUT2D eigenvalue weighted by Gasteiger charge is -2.21. The first-order chi connectivity index (χ1) is 49.5. The molecule has 0 spiro atoms. The zero-order valence-electron chi connectivity index (χ0n) is 66.8. The monoisotopic (exact) mass is 1490 g/mol. The summed E-state index contributed by atoms with van der Waals surface area (Å²) in [6, 6.07) is 0. The maximum Gasteiger partial charge on any atom is 0.472 e. The van der Waals surface area contributed by atoms with Crippen LogP contribution in [0.25, 0.3) is 0 Å². The topological polar surface area (TPSA) is 237 Å². The van der Waals surface area contributed by atoms with Gasteiger partial charge in [0, 0.05) is 25.7 Å². The van der Waals surface area contributed by atoms with Crippen molar-refractivity contribution in [3.8, 4) is 0 Å². The summed E-state index contributed by atoms with van der Waals surface area (Å²) in [6.45, 7) is 7.36. The average molecular weight is 1490 g/mol. The van der Waals surface area contributed by atoms with Gasteiger partial charge < -0.3 is 33.8 Å². The third-order valence-electron chi connectivity index (χ3n) is 19.5. The summed E-state index contributed by atoms with van der Waals surface area (Å²) < 4.78 is 68.8. The molecule has 0 radical (unpaired) electrons. The summed E-state index contributed by atoms with van der Waals surface area (Å²) in [6.07, 6.45) is 68.0. The number of phosphoric acid groups is 2. The Morgan fingerprint density at radius 3 is 0.667 bits per heavy atom. The van der Waals surface area contributed by atoms with Gasteiger partial charge in [0.1, 0.15) is 19.3 Å². The maximum atomic E-state index is 13.1. The van der Waals surface area contributed by atoms with E-state index in [4.69, 9.17) is 37.0 Å². The van der Waals surface area contributed by atoms with Gasteiger partial charge in [-0.3, -0.25) is 37.3 Å². The summed E-state index contributed by atoms with van der Waals surface area (Å²) in [5.41, 5.74) is 0. The molecule has 0 aliphatic rings. The largest absolute Gasteiger partial charge is 0.472 e. The molecule has 5 atom stereocenters. The van der Waals surface area contributed by atoms with Crippen LogP contribution >= 0.6 is 15.6 Å². The minimum atomic E-state index is -4.96. The normalized spacial score (nSPS) is 13.8. The lowest BCUT2D eigenvalue weighted by Crippen LogP contribution is -2.30. The van der Waals surface area contributed by atoms with Crippen LogP contribution in [-0.2, 0) is 65.4 Å². The van der Waals surface area contributed by atoms with E-state index in [1.165, 1.54) is 270 Å². The van der Waals surface area contributed by atoms with Gasteiger partial charge in [-0.2, -0.15) is 0 Å². The van der Waals surface area contributed by atoms with Crippen LogP contribution in [0.15, 0.2) is 0 Å². The first-order valence-electron chi connectivity index (χ1n) is 43.1. The van der Waals surface area contributed by atoms with Crippen molar-refractivity contribution in [1.29, 1.82) is 0 Å². The molecule has 17 nitrogen and oxygen atoms in total. The third-order valence-corrected chi connectivity index (χ3v) is 21.4. The molecule has 0 saturated carbocycles. The van der Waals surface area contributed by atoms with Crippen molar-refractivity contribution in [2.45, 2.75) is 464 Å². The van der Waals surface area contributed by atoms with Gasteiger partial charge in [-0.1, -0.05) is 394 Å². The number of unbranched alkanes of at least 4 members (excludes halogenated alkanes) is 55. The molecule has 0 heterocycles. The van der Waals surface area contributed by atoms with Crippen LogP contribution in [0, 0.1) is 5.92 Å². The first-order valence-corrected chi connectivity index (χ1v) is 46.1. The minimum absolute atomic E-state index is 0.108. The fraction of sp³-hybridized carbons (Fsp3) is 0.952. The van der Waals surface area contributed by atoms with E-state index >= 15 is 0 Å². The number of ether oxygens (including phenoxy) is 4. The van der Waals surface area contributed by atoms with Crippen LogP contribution in [0.5, 0.6) is 0 Å². The predicted octanol–water partition coefficient (Wildman–Crippen LogP) is 25.2. The fourth-order valence-corrected chi connectivity index (χ4v) is 14.5. The summed E-state index contributed by atoms with van der Waals surface area (Å²) in [7, 11) is -9.92. The molecule has 0 aromatic carbocycles. The number of carbonyl (C=O) groups excluding carboxylic acids is 4. The molecule has 3 N–H and O–H groups in total. The Balaban J connectivity index is 5.20. The van der Waals surface area contributed by atoms with Crippen molar-refractivity contribution < 1.29 is 80.2 Å². The number of esters is 4. The van der Waals surface area contributed by atoms with Crippen LogP contribution in [0.1, 0.15) is 446 Å². The number of hydrogen-bond acceptors (Lipinski definition) is 15. The van der Waals surface area contributed by atoms with Gasteiger partial charge >= 0.3 is 39.5 Å². The van der Waals surface area contributed by atoms with E-state index in [1.54, 1.807) is 0 Å². The molecule has 0 bridgehead atoms. The van der Waals surface area contributed by atoms with Crippen molar-refractivity contribution in [2.24, 2.45) is 5.92 Å². The molecule has 19 heteroatoms. The molecule has 0 amide bonds. The maximum absolute atomic E-state index is 13.1. The molecule has 0 rings (SSSR count). The molecule has 606 valence electrons. The highest BCUT2D eigenvalue weighted by molar-refractivity contribution is 7.47. The van der Waals surface area contributed by atoms with Gasteiger partial charge in [-0.15, -0.1) is 0 Å². The van der Waals surface area contributed by atoms with Gasteiger partial charge in [0.25, 0.3) is 0 Å². The van der Waals surface area contributed by atoms with E-state index in [1.807, 2.05) is 0 Å². The Hall–Kier alpha value is -1.94. The zero-order valence-corrected chi connectivity index (χ0v) is 68.5. The molecule has 0 saturated heterocycles. The highest BCUT2D eigenvalue weighted by Crippen LogP contribution is 2.45. The summed E-state index contributed by atoms with van der Waals surface area (Å²) in [5, 5.41) is 10.6. The Kier molecular flexibility index (Phi) is 74.4. The SMILES string of the molecule is CCCCCCCCCCCCCCCCCCCCCCCCC(=O)O[C@H](COC(=O)CCCCCCCCCCCCCCCCC(C)C)COP(=O)(O)OC[C@@H](O)COP(=O)(O)OC[C@@H](COC(=O)CCCCCCCCCCCC)OC(=O)CCCCCCCCCCCCCCC. The molecule has 0 aromatic heterocycles. The molecule has 0 aliphatic heterocycles. The molecule has 0 fully saturated rings. The number of carbonyl (C=O) groups is 4. The number of aliphatic hydroxyl groups excluding tert-OH is 1. The van der Waals surface area contributed by atoms with E-state index in [9.17, 15) is 43.2 Å². The van der Waals surface area contributed by atoms with Crippen molar-refractivity contribution in [3.05, 3.63) is 0 Å². The van der Waals surface area contributed by atoms with Crippen LogP contribution in [0.3, 0.4) is 0 Å². The Labute approximate surface area is 626 Å². The molecular formula is C83H162O17P2. The summed E-state index contributed by atoms with van der Waals surface area (Å²) in [4.78, 5) is 73.0. The lowest BCUT2D eigenvalue weighted by molar-refractivity contribution is -0.161. The van der Waals surface area contributed by atoms with Gasteiger partial charge in [0.05, 0.1) is 26.4 Å². The number of rotatable bonds is 83. The third kappa shape index (κ3) is 76.3. The molecule has 102 heavy (non-hydrogen) atoms. The smallest absolute Gasteiger partial charge is 0.462 e. The lowest BCUT2D eigenvalue weighted by atomic mass is 10.0. The highest BCUT2D eigenvalue weighted by atomic mass is 31.2.